The number of hydrogen-bond acceptors (Lipinski definition) is 3. The number of aliphatic hydroxyl groups excluding tert-OH is 1. The van der Waals surface area contributed by atoms with E-state index in [0.717, 1.165) is 12.8 Å². The normalized spacial score (nSPS) is 17.8. The highest BCUT2D eigenvalue weighted by molar-refractivity contribution is 5.19. The van der Waals surface area contributed by atoms with Gasteiger partial charge < -0.3 is 15.2 Å². The predicted molar refractivity (Wildman–Crippen MR) is 72.4 cm³/mol. The first-order chi connectivity index (χ1) is 9.27. The molecule has 0 radical (unpaired) electrons. The van der Waals surface area contributed by atoms with Crippen LogP contribution < -0.4 is 5.32 Å². The Morgan fingerprint density at radius 2 is 2.05 bits per heavy atom. The molecule has 0 bridgehead atoms. The van der Waals surface area contributed by atoms with Crippen molar-refractivity contribution in [3.8, 4) is 0 Å². The lowest BCUT2D eigenvalue weighted by Gasteiger charge is -2.14. The highest BCUT2D eigenvalue weighted by Gasteiger charge is 2.15. The van der Waals surface area contributed by atoms with Gasteiger partial charge in [-0.15, -0.1) is 0 Å². The second-order valence-corrected chi connectivity index (χ2v) is 5.02. The van der Waals surface area contributed by atoms with Gasteiger partial charge >= 0.3 is 0 Å². The third-order valence-electron chi connectivity index (χ3n) is 3.54. The summed E-state index contributed by atoms with van der Waals surface area (Å²) in [5.41, 5.74) is 0.340. The van der Waals surface area contributed by atoms with E-state index in [0.29, 0.717) is 31.4 Å². The van der Waals surface area contributed by atoms with E-state index >= 15 is 0 Å². The number of nitrogens with one attached hydrogen (secondary N) is 1. The molecule has 1 aromatic carbocycles. The van der Waals surface area contributed by atoms with Gasteiger partial charge in [-0.3, -0.25) is 0 Å². The van der Waals surface area contributed by atoms with Crippen molar-refractivity contribution in [3.63, 3.8) is 0 Å². The maximum atomic E-state index is 13.4. The summed E-state index contributed by atoms with van der Waals surface area (Å²) in [4.78, 5) is 0. The molecule has 1 atom stereocenters. The molecule has 1 fully saturated rings. The van der Waals surface area contributed by atoms with Crippen molar-refractivity contribution in [2.24, 2.45) is 0 Å². The van der Waals surface area contributed by atoms with Crippen molar-refractivity contribution in [1.82, 2.24) is 5.32 Å². The predicted octanol–water partition coefficient (Wildman–Crippen LogP) is 2.41. The van der Waals surface area contributed by atoms with Gasteiger partial charge in [-0.1, -0.05) is 31.0 Å². The monoisotopic (exact) mass is 267 g/mol. The van der Waals surface area contributed by atoms with Crippen molar-refractivity contribution >= 4 is 0 Å². The van der Waals surface area contributed by atoms with Crippen LogP contribution in [0.5, 0.6) is 0 Å². The minimum Gasteiger partial charge on any atom is -0.387 e. The molecule has 106 valence electrons. The summed E-state index contributed by atoms with van der Waals surface area (Å²) >= 11 is 0. The van der Waals surface area contributed by atoms with Gasteiger partial charge in [-0.25, -0.2) is 4.39 Å². The van der Waals surface area contributed by atoms with Crippen LogP contribution in [0.3, 0.4) is 0 Å². The molecule has 19 heavy (non-hydrogen) atoms. The van der Waals surface area contributed by atoms with E-state index in [4.69, 9.17) is 4.74 Å². The van der Waals surface area contributed by atoms with Gasteiger partial charge in [0.15, 0.2) is 0 Å². The van der Waals surface area contributed by atoms with Gasteiger partial charge in [-0.2, -0.15) is 0 Å². The smallest absolute Gasteiger partial charge is 0.129 e. The summed E-state index contributed by atoms with van der Waals surface area (Å²) < 4.78 is 19.1. The van der Waals surface area contributed by atoms with E-state index in [2.05, 4.69) is 5.32 Å². The molecule has 0 aromatic heterocycles. The van der Waals surface area contributed by atoms with Crippen LogP contribution in [0.15, 0.2) is 24.3 Å². The Balaban J connectivity index is 1.61. The van der Waals surface area contributed by atoms with E-state index in [1.807, 2.05) is 0 Å². The Morgan fingerprint density at radius 1 is 1.32 bits per heavy atom. The van der Waals surface area contributed by atoms with E-state index in [-0.39, 0.29) is 5.82 Å². The quantitative estimate of drug-likeness (QED) is 0.745. The molecular weight excluding hydrogens is 245 g/mol. The van der Waals surface area contributed by atoms with Crippen molar-refractivity contribution in [2.75, 3.05) is 19.7 Å². The molecule has 1 aliphatic carbocycles. The van der Waals surface area contributed by atoms with Crippen LogP contribution in [0.1, 0.15) is 37.4 Å². The summed E-state index contributed by atoms with van der Waals surface area (Å²) in [6.07, 6.45) is 4.47. The fraction of sp³-hybridized carbons (Fsp3) is 0.600. The van der Waals surface area contributed by atoms with Crippen molar-refractivity contribution in [2.45, 2.75) is 37.9 Å². The number of hydrogen-bond donors (Lipinski definition) is 2. The summed E-state index contributed by atoms with van der Waals surface area (Å²) in [5, 5.41) is 13.0. The van der Waals surface area contributed by atoms with Gasteiger partial charge in [0.1, 0.15) is 5.82 Å². The van der Waals surface area contributed by atoms with Crippen molar-refractivity contribution < 1.29 is 14.2 Å². The van der Waals surface area contributed by atoms with Gasteiger partial charge in [0.05, 0.1) is 18.8 Å². The average molecular weight is 267 g/mol. The third kappa shape index (κ3) is 4.56. The molecule has 1 aromatic rings. The molecule has 2 rings (SSSR count). The number of aliphatic hydroxyl groups is 1. The van der Waals surface area contributed by atoms with Crippen LogP contribution >= 0.6 is 0 Å². The average Bonchev–Trinajstić information content (AvgIpc) is 2.92. The van der Waals surface area contributed by atoms with Crippen LogP contribution in [0, 0.1) is 5.82 Å². The van der Waals surface area contributed by atoms with E-state index in [1.165, 1.54) is 18.9 Å². The molecular formula is C15H22FNO2. The lowest BCUT2D eigenvalue weighted by Crippen LogP contribution is -2.27. The van der Waals surface area contributed by atoms with Crippen molar-refractivity contribution in [3.05, 3.63) is 35.6 Å². The topological polar surface area (TPSA) is 41.5 Å². The molecule has 0 spiro atoms. The maximum Gasteiger partial charge on any atom is 0.129 e. The molecule has 0 saturated heterocycles. The maximum absolute atomic E-state index is 13.4. The fourth-order valence-corrected chi connectivity index (χ4v) is 2.45. The molecule has 0 aliphatic heterocycles. The number of halogens is 1. The second kappa shape index (κ2) is 7.58. The zero-order chi connectivity index (χ0) is 13.5. The number of benzene rings is 1. The molecule has 1 saturated carbocycles. The third-order valence-corrected chi connectivity index (χ3v) is 3.54. The van der Waals surface area contributed by atoms with Gasteiger partial charge in [0.25, 0.3) is 0 Å². The Labute approximate surface area is 113 Å². The van der Waals surface area contributed by atoms with E-state index < -0.39 is 6.10 Å². The van der Waals surface area contributed by atoms with Crippen LogP contribution in [0.4, 0.5) is 4.39 Å². The number of ether oxygens (including phenoxy) is 1. The first kappa shape index (κ1) is 14.4. The molecule has 1 aliphatic rings. The van der Waals surface area contributed by atoms with Crippen LogP contribution in [-0.2, 0) is 4.74 Å². The lowest BCUT2D eigenvalue weighted by molar-refractivity contribution is 0.0584. The van der Waals surface area contributed by atoms with E-state index in [9.17, 15) is 9.50 Å². The number of rotatable bonds is 7. The Kier molecular flexibility index (Phi) is 5.76. The lowest BCUT2D eigenvalue weighted by atomic mass is 10.1. The molecule has 1 unspecified atom stereocenters. The van der Waals surface area contributed by atoms with Gasteiger partial charge in [0, 0.05) is 18.7 Å². The standard InChI is InChI=1S/C15H22FNO2/c16-14-8-4-3-7-13(14)15(18)11-17-9-10-19-12-5-1-2-6-12/h3-4,7-8,12,15,17-18H,1-2,5-6,9-11H2. The summed E-state index contributed by atoms with van der Waals surface area (Å²) in [5.74, 6) is -0.362. The summed E-state index contributed by atoms with van der Waals surface area (Å²) in [6.45, 7) is 1.67. The summed E-state index contributed by atoms with van der Waals surface area (Å²) in [7, 11) is 0. The molecule has 0 heterocycles. The minimum atomic E-state index is -0.812. The Bertz CT molecular complexity index is 380. The summed E-state index contributed by atoms with van der Waals surface area (Å²) in [6, 6.07) is 6.32. The zero-order valence-corrected chi connectivity index (χ0v) is 11.1. The molecule has 0 amide bonds. The molecule has 4 heteroatoms. The largest absolute Gasteiger partial charge is 0.387 e. The Hall–Kier alpha value is -0.970. The van der Waals surface area contributed by atoms with Gasteiger partial charge in [0.2, 0.25) is 0 Å². The highest BCUT2D eigenvalue weighted by atomic mass is 19.1. The first-order valence-corrected chi connectivity index (χ1v) is 7.02. The zero-order valence-electron chi connectivity index (χ0n) is 11.1. The molecule has 3 nitrogen and oxygen atoms in total. The second-order valence-electron chi connectivity index (χ2n) is 5.02. The highest BCUT2D eigenvalue weighted by Crippen LogP contribution is 2.20. The SMILES string of the molecule is OC(CNCCOC1CCCC1)c1ccccc1F. The fourth-order valence-electron chi connectivity index (χ4n) is 2.45. The van der Waals surface area contributed by atoms with Crippen LogP contribution in [0.2, 0.25) is 0 Å². The minimum absolute atomic E-state index is 0.340. The Morgan fingerprint density at radius 3 is 2.79 bits per heavy atom. The first-order valence-electron chi connectivity index (χ1n) is 7.02. The van der Waals surface area contributed by atoms with E-state index in [1.54, 1.807) is 18.2 Å². The van der Waals surface area contributed by atoms with Crippen LogP contribution in [-0.4, -0.2) is 30.9 Å². The van der Waals surface area contributed by atoms with Crippen molar-refractivity contribution in [1.29, 1.82) is 0 Å². The van der Waals surface area contributed by atoms with Gasteiger partial charge in [-0.05, 0) is 18.9 Å². The van der Waals surface area contributed by atoms with Crippen LogP contribution in [0.25, 0.3) is 0 Å². The molecule has 2 N–H and O–H groups in total.